The van der Waals surface area contributed by atoms with Crippen molar-refractivity contribution in [3.8, 4) is 0 Å². The van der Waals surface area contributed by atoms with Gasteiger partial charge < -0.3 is 9.78 Å². The number of H-pyrrole nitrogens is 1. The van der Waals surface area contributed by atoms with E-state index < -0.39 is 0 Å². The topological polar surface area (TPSA) is 36.1 Å². The third-order valence-corrected chi connectivity index (χ3v) is 6.79. The summed E-state index contributed by atoms with van der Waals surface area (Å²) in [5.74, 6) is 3.08. The number of carbonyl (C=O) groups is 1. The fourth-order valence-corrected chi connectivity index (χ4v) is 5.65. The Morgan fingerprint density at radius 2 is 2.33 bits per heavy atom. The molecule has 0 radical (unpaired) electrons. The number of carbonyl (C=O) groups excluding carboxylic acids is 1. The van der Waals surface area contributed by atoms with Crippen LogP contribution in [0, 0.1) is 5.92 Å². The molecule has 128 valence electrons. The largest absolute Gasteiger partial charge is 0.361 e. The summed E-state index contributed by atoms with van der Waals surface area (Å²) < 4.78 is 0. The highest BCUT2D eigenvalue weighted by Crippen LogP contribution is 2.45. The first-order valence-corrected chi connectivity index (χ1v) is 10.3. The number of hydrogen-bond donors (Lipinski definition) is 1. The van der Waals surface area contributed by atoms with Crippen molar-refractivity contribution in [2.24, 2.45) is 5.92 Å². The number of fused-ring (bicyclic) bond motifs is 2. The highest BCUT2D eigenvalue weighted by Gasteiger charge is 2.40. The molecule has 0 bridgehead atoms. The first kappa shape index (κ1) is 16.2. The van der Waals surface area contributed by atoms with Crippen molar-refractivity contribution >= 4 is 29.0 Å². The highest BCUT2D eigenvalue weighted by molar-refractivity contribution is 7.99. The second kappa shape index (κ2) is 6.93. The standard InChI is InChI=1S/C20H26N2OS/c1-2-6-22-12-14(13-24-8-7-23)9-17-16-4-3-5-18-20(16)15(11-21-18)10-19(17)22/h3-5,7,11,14,17,19,21H,2,6,8-10,12-13H2,1H3/t14-,17-,19-/m1/s1. The van der Waals surface area contributed by atoms with Gasteiger partial charge in [0.15, 0.2) is 0 Å². The number of aldehydes is 1. The van der Waals surface area contributed by atoms with E-state index in [1.807, 2.05) is 0 Å². The lowest BCUT2D eigenvalue weighted by Crippen LogP contribution is -2.50. The summed E-state index contributed by atoms with van der Waals surface area (Å²) in [4.78, 5) is 16.8. The molecule has 1 aliphatic heterocycles. The summed E-state index contributed by atoms with van der Waals surface area (Å²) in [7, 11) is 0. The maximum atomic E-state index is 10.6. The predicted molar refractivity (Wildman–Crippen MR) is 102 cm³/mol. The molecule has 4 rings (SSSR count). The molecule has 2 heterocycles. The van der Waals surface area contributed by atoms with Gasteiger partial charge in [0, 0.05) is 41.4 Å². The van der Waals surface area contributed by atoms with E-state index in [-0.39, 0.29) is 0 Å². The van der Waals surface area contributed by atoms with Gasteiger partial charge in [-0.25, -0.2) is 0 Å². The number of likely N-dealkylation sites (tertiary alicyclic amines) is 1. The van der Waals surface area contributed by atoms with E-state index in [1.54, 1.807) is 17.3 Å². The Hall–Kier alpha value is -1.26. The van der Waals surface area contributed by atoms with Crippen molar-refractivity contribution < 1.29 is 4.79 Å². The number of hydrogen-bond acceptors (Lipinski definition) is 3. The average Bonchev–Trinajstić information content (AvgIpc) is 3.01. The lowest BCUT2D eigenvalue weighted by molar-refractivity contribution is -0.105. The smallest absolute Gasteiger partial charge is 0.129 e. The van der Waals surface area contributed by atoms with Crippen molar-refractivity contribution in [3.05, 3.63) is 35.5 Å². The molecule has 2 aromatic rings. The van der Waals surface area contributed by atoms with E-state index in [9.17, 15) is 4.79 Å². The van der Waals surface area contributed by atoms with Crippen molar-refractivity contribution in [2.45, 2.75) is 38.1 Å². The van der Waals surface area contributed by atoms with E-state index in [0.717, 1.165) is 12.0 Å². The van der Waals surface area contributed by atoms with Gasteiger partial charge in [-0.1, -0.05) is 19.1 Å². The molecule has 1 aromatic heterocycles. The maximum Gasteiger partial charge on any atom is 0.129 e. The highest BCUT2D eigenvalue weighted by atomic mass is 32.2. The van der Waals surface area contributed by atoms with Crippen molar-refractivity contribution in [1.29, 1.82) is 0 Å². The number of aromatic nitrogens is 1. The fourth-order valence-electron chi connectivity index (χ4n) is 4.85. The molecule has 0 unspecified atom stereocenters. The molecule has 24 heavy (non-hydrogen) atoms. The van der Waals surface area contributed by atoms with Gasteiger partial charge in [-0.2, -0.15) is 11.8 Å². The van der Waals surface area contributed by atoms with Crippen LogP contribution in [0.15, 0.2) is 24.4 Å². The molecule has 0 spiro atoms. The lowest BCUT2D eigenvalue weighted by atomic mass is 9.72. The Morgan fingerprint density at radius 1 is 1.42 bits per heavy atom. The van der Waals surface area contributed by atoms with E-state index in [4.69, 9.17) is 0 Å². The zero-order valence-corrected chi connectivity index (χ0v) is 15.1. The minimum atomic E-state index is 0.635. The van der Waals surface area contributed by atoms with Crippen molar-refractivity contribution in [3.63, 3.8) is 0 Å². The Bertz CT molecular complexity index is 725. The number of nitrogens with one attached hydrogen (secondary N) is 1. The van der Waals surface area contributed by atoms with Crippen LogP contribution in [0.4, 0.5) is 0 Å². The monoisotopic (exact) mass is 342 g/mol. The molecule has 1 N–H and O–H groups in total. The third-order valence-electron chi connectivity index (χ3n) is 5.71. The van der Waals surface area contributed by atoms with Crippen LogP contribution in [-0.4, -0.2) is 46.8 Å². The summed E-state index contributed by atoms with van der Waals surface area (Å²) >= 11 is 1.80. The van der Waals surface area contributed by atoms with Crippen LogP contribution in [0.25, 0.3) is 10.9 Å². The average molecular weight is 343 g/mol. The van der Waals surface area contributed by atoms with Crippen LogP contribution < -0.4 is 0 Å². The van der Waals surface area contributed by atoms with Gasteiger partial charge in [-0.3, -0.25) is 4.90 Å². The summed E-state index contributed by atoms with van der Waals surface area (Å²) in [5, 5.41) is 1.48. The van der Waals surface area contributed by atoms with E-state index >= 15 is 0 Å². The van der Waals surface area contributed by atoms with Gasteiger partial charge >= 0.3 is 0 Å². The summed E-state index contributed by atoms with van der Waals surface area (Å²) in [6.07, 6.45) is 6.91. The number of benzene rings is 1. The SMILES string of the molecule is CCCN1C[C@H](CSCC=O)C[C@@H]2c3cccc4[nH]cc(c34)C[C@H]21. The normalized spacial score (nSPS) is 26.5. The Kier molecular flexibility index (Phi) is 4.68. The molecule has 0 amide bonds. The van der Waals surface area contributed by atoms with Crippen LogP contribution in [0.3, 0.4) is 0 Å². The molecular weight excluding hydrogens is 316 g/mol. The van der Waals surface area contributed by atoms with Gasteiger partial charge in [-0.05, 0) is 54.7 Å². The molecule has 0 saturated carbocycles. The lowest BCUT2D eigenvalue weighted by Gasteiger charge is -2.47. The van der Waals surface area contributed by atoms with Gasteiger partial charge in [0.05, 0.1) is 0 Å². The molecule has 1 aliphatic carbocycles. The quantitative estimate of drug-likeness (QED) is 0.640. The molecule has 3 nitrogen and oxygen atoms in total. The van der Waals surface area contributed by atoms with Gasteiger partial charge in [0.1, 0.15) is 6.29 Å². The third kappa shape index (κ3) is 2.80. The molecular formula is C20H26N2OS. The van der Waals surface area contributed by atoms with E-state index in [2.05, 4.69) is 41.2 Å². The van der Waals surface area contributed by atoms with E-state index in [1.165, 1.54) is 48.8 Å². The summed E-state index contributed by atoms with van der Waals surface area (Å²) in [5.41, 5.74) is 4.34. The summed E-state index contributed by atoms with van der Waals surface area (Å²) in [6.45, 7) is 4.66. The Labute approximate surface area is 148 Å². The minimum Gasteiger partial charge on any atom is -0.361 e. The molecule has 3 atom stereocenters. The fraction of sp³-hybridized carbons (Fsp3) is 0.550. The minimum absolute atomic E-state index is 0.635. The van der Waals surface area contributed by atoms with Gasteiger partial charge in [0.2, 0.25) is 0 Å². The molecule has 1 aromatic carbocycles. The van der Waals surface area contributed by atoms with Crippen LogP contribution in [0.2, 0.25) is 0 Å². The number of thioether (sulfide) groups is 1. The summed E-state index contributed by atoms with van der Waals surface area (Å²) in [6, 6.07) is 7.40. The second-order valence-corrected chi connectivity index (χ2v) is 8.34. The van der Waals surface area contributed by atoms with Crippen LogP contribution in [0.1, 0.15) is 36.8 Å². The first-order chi connectivity index (χ1) is 11.8. The zero-order chi connectivity index (χ0) is 16.5. The van der Waals surface area contributed by atoms with Crippen LogP contribution >= 0.6 is 11.8 Å². The van der Waals surface area contributed by atoms with Gasteiger partial charge in [0.25, 0.3) is 0 Å². The number of aromatic amines is 1. The van der Waals surface area contributed by atoms with Crippen LogP contribution in [0.5, 0.6) is 0 Å². The second-order valence-electron chi connectivity index (χ2n) is 7.26. The molecule has 4 heteroatoms. The molecule has 1 fully saturated rings. The van der Waals surface area contributed by atoms with Crippen molar-refractivity contribution in [2.75, 3.05) is 24.6 Å². The molecule has 2 aliphatic rings. The van der Waals surface area contributed by atoms with Gasteiger partial charge in [-0.15, -0.1) is 0 Å². The molecule has 1 saturated heterocycles. The number of piperidine rings is 1. The number of rotatable bonds is 6. The Balaban J connectivity index is 1.65. The zero-order valence-electron chi connectivity index (χ0n) is 14.3. The maximum absolute atomic E-state index is 10.6. The Morgan fingerprint density at radius 3 is 3.17 bits per heavy atom. The van der Waals surface area contributed by atoms with Crippen molar-refractivity contribution in [1.82, 2.24) is 9.88 Å². The van der Waals surface area contributed by atoms with E-state index in [0.29, 0.717) is 23.6 Å². The first-order valence-electron chi connectivity index (χ1n) is 9.16. The van der Waals surface area contributed by atoms with Crippen LogP contribution in [-0.2, 0) is 11.2 Å². The number of nitrogens with zero attached hydrogens (tertiary/aromatic N) is 1. The predicted octanol–water partition coefficient (Wildman–Crippen LogP) is 3.84.